The summed E-state index contributed by atoms with van der Waals surface area (Å²) in [4.78, 5) is 0. The van der Waals surface area contributed by atoms with Crippen LogP contribution in [0.25, 0.3) is 5.69 Å². The van der Waals surface area contributed by atoms with Gasteiger partial charge in [0, 0.05) is 11.8 Å². The fourth-order valence-electron chi connectivity index (χ4n) is 2.05. The van der Waals surface area contributed by atoms with Gasteiger partial charge in [-0.2, -0.15) is 10.4 Å². The van der Waals surface area contributed by atoms with E-state index in [4.69, 9.17) is 5.26 Å². The number of hydrogen-bond acceptors (Lipinski definition) is 3. The summed E-state index contributed by atoms with van der Waals surface area (Å²) >= 11 is 0. The zero-order valence-electron chi connectivity index (χ0n) is 10.9. The summed E-state index contributed by atoms with van der Waals surface area (Å²) < 4.78 is 1.71. The van der Waals surface area contributed by atoms with Crippen molar-refractivity contribution in [2.45, 2.75) is 25.9 Å². The minimum Gasteiger partial charge on any atom is -0.387 e. The number of aromatic nitrogens is 2. The van der Waals surface area contributed by atoms with Crippen LogP contribution in [-0.2, 0) is 0 Å². The molecule has 0 aliphatic carbocycles. The molecule has 0 saturated heterocycles. The standard InChI is InChI=1S/C15H17N3O/c1-2-6-12(9-16)15(19)13-10-17-18(11-13)14-7-4-3-5-8-14/h3-5,7-8,10-12,15,19H,2,6H2,1H3. The van der Waals surface area contributed by atoms with Crippen LogP contribution >= 0.6 is 0 Å². The molecule has 4 heteroatoms. The van der Waals surface area contributed by atoms with Crippen molar-refractivity contribution in [1.29, 1.82) is 5.26 Å². The Bertz CT molecular complexity index is 556. The maximum absolute atomic E-state index is 10.2. The first-order valence-electron chi connectivity index (χ1n) is 6.44. The number of rotatable bonds is 5. The number of para-hydroxylation sites is 1. The van der Waals surface area contributed by atoms with E-state index in [0.717, 1.165) is 12.1 Å². The molecule has 0 fully saturated rings. The predicted octanol–water partition coefficient (Wildman–Crippen LogP) is 2.85. The first-order chi connectivity index (χ1) is 9.26. The average molecular weight is 255 g/mol. The van der Waals surface area contributed by atoms with Crippen molar-refractivity contribution >= 4 is 0 Å². The molecule has 19 heavy (non-hydrogen) atoms. The van der Waals surface area contributed by atoms with Crippen LogP contribution in [-0.4, -0.2) is 14.9 Å². The SMILES string of the molecule is CCCC(C#N)C(O)c1cnn(-c2ccccc2)c1. The van der Waals surface area contributed by atoms with Gasteiger partial charge in [0.15, 0.2) is 0 Å². The van der Waals surface area contributed by atoms with Crippen molar-refractivity contribution in [3.05, 3.63) is 48.3 Å². The topological polar surface area (TPSA) is 61.8 Å². The number of benzene rings is 1. The first-order valence-corrected chi connectivity index (χ1v) is 6.44. The van der Waals surface area contributed by atoms with E-state index in [1.54, 1.807) is 17.1 Å². The summed E-state index contributed by atoms with van der Waals surface area (Å²) in [6.45, 7) is 2.00. The molecule has 0 aliphatic rings. The van der Waals surface area contributed by atoms with Gasteiger partial charge in [0.1, 0.15) is 0 Å². The van der Waals surface area contributed by atoms with Crippen molar-refractivity contribution in [3.8, 4) is 11.8 Å². The van der Waals surface area contributed by atoms with Gasteiger partial charge in [0.05, 0.1) is 30.0 Å². The van der Waals surface area contributed by atoms with Gasteiger partial charge in [0.2, 0.25) is 0 Å². The Morgan fingerprint density at radius 3 is 2.74 bits per heavy atom. The van der Waals surface area contributed by atoms with Crippen LogP contribution in [0, 0.1) is 17.2 Å². The van der Waals surface area contributed by atoms with Crippen LogP contribution in [0.2, 0.25) is 0 Å². The quantitative estimate of drug-likeness (QED) is 0.893. The number of aliphatic hydroxyl groups excluding tert-OH is 1. The van der Waals surface area contributed by atoms with Crippen LogP contribution in [0.15, 0.2) is 42.7 Å². The van der Waals surface area contributed by atoms with E-state index in [0.29, 0.717) is 12.0 Å². The second-order valence-corrected chi connectivity index (χ2v) is 4.52. The van der Waals surface area contributed by atoms with Gasteiger partial charge in [-0.1, -0.05) is 31.5 Å². The lowest BCUT2D eigenvalue weighted by Crippen LogP contribution is -2.10. The van der Waals surface area contributed by atoms with Crippen LogP contribution in [0.3, 0.4) is 0 Å². The van der Waals surface area contributed by atoms with Gasteiger partial charge < -0.3 is 5.11 Å². The maximum atomic E-state index is 10.2. The molecule has 1 aromatic heterocycles. The Morgan fingerprint density at radius 1 is 1.37 bits per heavy atom. The zero-order valence-corrected chi connectivity index (χ0v) is 10.9. The summed E-state index contributed by atoms with van der Waals surface area (Å²) in [7, 11) is 0. The largest absolute Gasteiger partial charge is 0.387 e. The Hall–Kier alpha value is -2.12. The molecule has 0 aliphatic heterocycles. The molecule has 0 bridgehead atoms. The number of aliphatic hydroxyl groups is 1. The van der Waals surface area contributed by atoms with E-state index >= 15 is 0 Å². The summed E-state index contributed by atoms with van der Waals surface area (Å²) in [6.07, 6.45) is 4.19. The average Bonchev–Trinajstić information content (AvgIpc) is 2.95. The molecule has 98 valence electrons. The van der Waals surface area contributed by atoms with E-state index in [9.17, 15) is 5.11 Å². The third-order valence-electron chi connectivity index (χ3n) is 3.11. The third-order valence-corrected chi connectivity index (χ3v) is 3.11. The number of nitrogens with zero attached hydrogens (tertiary/aromatic N) is 3. The molecular weight excluding hydrogens is 238 g/mol. The van der Waals surface area contributed by atoms with Crippen LogP contribution < -0.4 is 0 Å². The number of hydrogen-bond donors (Lipinski definition) is 1. The lowest BCUT2D eigenvalue weighted by atomic mass is 9.95. The van der Waals surface area contributed by atoms with Gasteiger partial charge >= 0.3 is 0 Å². The highest BCUT2D eigenvalue weighted by molar-refractivity contribution is 5.31. The van der Waals surface area contributed by atoms with E-state index in [1.165, 1.54) is 0 Å². The van der Waals surface area contributed by atoms with E-state index in [-0.39, 0.29) is 5.92 Å². The smallest absolute Gasteiger partial charge is 0.0978 e. The Balaban J connectivity index is 2.19. The van der Waals surface area contributed by atoms with Crippen LogP contribution in [0.1, 0.15) is 31.4 Å². The molecule has 2 aromatic rings. The second-order valence-electron chi connectivity index (χ2n) is 4.52. The molecule has 2 atom stereocenters. The maximum Gasteiger partial charge on any atom is 0.0978 e. The summed E-state index contributed by atoms with van der Waals surface area (Å²) in [5, 5.41) is 23.5. The van der Waals surface area contributed by atoms with Crippen LogP contribution in [0.4, 0.5) is 0 Å². The van der Waals surface area contributed by atoms with E-state index < -0.39 is 6.10 Å². The van der Waals surface area contributed by atoms with E-state index in [2.05, 4.69) is 11.2 Å². The van der Waals surface area contributed by atoms with Gasteiger partial charge in [-0.3, -0.25) is 0 Å². The molecule has 0 spiro atoms. The summed E-state index contributed by atoms with van der Waals surface area (Å²) in [6, 6.07) is 11.9. The van der Waals surface area contributed by atoms with Gasteiger partial charge in [-0.05, 0) is 18.6 Å². The zero-order chi connectivity index (χ0) is 13.7. The molecule has 2 unspecified atom stereocenters. The lowest BCUT2D eigenvalue weighted by molar-refractivity contribution is 0.130. The minimum absolute atomic E-state index is 0.376. The van der Waals surface area contributed by atoms with Gasteiger partial charge in [-0.15, -0.1) is 0 Å². The molecule has 0 radical (unpaired) electrons. The molecule has 1 N–H and O–H groups in total. The van der Waals surface area contributed by atoms with Crippen molar-refractivity contribution in [2.24, 2.45) is 5.92 Å². The number of nitriles is 1. The normalized spacial score (nSPS) is 13.7. The van der Waals surface area contributed by atoms with Crippen molar-refractivity contribution in [3.63, 3.8) is 0 Å². The minimum atomic E-state index is -0.776. The van der Waals surface area contributed by atoms with Gasteiger partial charge in [0.25, 0.3) is 0 Å². The lowest BCUT2D eigenvalue weighted by Gasteiger charge is -2.13. The molecule has 0 amide bonds. The highest BCUT2D eigenvalue weighted by Gasteiger charge is 2.21. The highest BCUT2D eigenvalue weighted by Crippen LogP contribution is 2.25. The van der Waals surface area contributed by atoms with Crippen molar-refractivity contribution in [1.82, 2.24) is 9.78 Å². The Kier molecular flexibility index (Phi) is 4.32. The highest BCUT2D eigenvalue weighted by atomic mass is 16.3. The fourth-order valence-corrected chi connectivity index (χ4v) is 2.05. The third kappa shape index (κ3) is 3.01. The molecular formula is C15H17N3O. The first kappa shape index (κ1) is 13.3. The molecule has 0 saturated carbocycles. The van der Waals surface area contributed by atoms with Crippen LogP contribution in [0.5, 0.6) is 0 Å². The van der Waals surface area contributed by atoms with Crippen molar-refractivity contribution < 1.29 is 5.11 Å². The summed E-state index contributed by atoms with van der Waals surface area (Å²) in [5.41, 5.74) is 1.62. The summed E-state index contributed by atoms with van der Waals surface area (Å²) in [5.74, 6) is -0.376. The monoisotopic (exact) mass is 255 g/mol. The Labute approximate surface area is 112 Å². The molecule has 2 rings (SSSR count). The van der Waals surface area contributed by atoms with E-state index in [1.807, 2.05) is 37.3 Å². The molecule has 4 nitrogen and oxygen atoms in total. The predicted molar refractivity (Wildman–Crippen MR) is 72.5 cm³/mol. The van der Waals surface area contributed by atoms with Gasteiger partial charge in [-0.25, -0.2) is 4.68 Å². The fraction of sp³-hybridized carbons (Fsp3) is 0.333. The molecule has 1 heterocycles. The second kappa shape index (κ2) is 6.17. The Morgan fingerprint density at radius 2 is 2.11 bits per heavy atom. The van der Waals surface area contributed by atoms with Crippen molar-refractivity contribution in [2.75, 3.05) is 0 Å². The molecule has 1 aromatic carbocycles.